The molecule has 0 atom stereocenters. The van der Waals surface area contributed by atoms with Gasteiger partial charge in [-0.3, -0.25) is 9.48 Å². The highest BCUT2D eigenvalue weighted by molar-refractivity contribution is 5.99. The Morgan fingerprint density at radius 3 is 2.70 bits per heavy atom. The number of piperidine rings is 1. The Kier molecular flexibility index (Phi) is 5.07. The Morgan fingerprint density at radius 1 is 1.11 bits per heavy atom. The lowest BCUT2D eigenvalue weighted by atomic mass is 10.0. The van der Waals surface area contributed by atoms with Crippen LogP contribution in [0.3, 0.4) is 0 Å². The summed E-state index contributed by atoms with van der Waals surface area (Å²) in [5, 5.41) is 8.56. The molecule has 6 heteroatoms. The van der Waals surface area contributed by atoms with Gasteiger partial charge in [0, 0.05) is 36.7 Å². The third-order valence-corrected chi connectivity index (χ3v) is 5.19. The number of carbonyl (C=O) groups is 1. The number of benzene rings is 2. The zero-order chi connectivity index (χ0) is 18.6. The van der Waals surface area contributed by atoms with E-state index in [1.165, 1.54) is 0 Å². The lowest BCUT2D eigenvalue weighted by molar-refractivity contribution is 0.0952. The average molecular weight is 363 g/mol. The van der Waals surface area contributed by atoms with Crippen LogP contribution >= 0.6 is 0 Å². The summed E-state index contributed by atoms with van der Waals surface area (Å²) in [7, 11) is 0. The molecule has 1 aromatic heterocycles. The van der Waals surface area contributed by atoms with E-state index in [4.69, 9.17) is 5.73 Å². The molecule has 1 saturated heterocycles. The molecule has 2 heterocycles. The fourth-order valence-electron chi connectivity index (χ4n) is 3.66. The van der Waals surface area contributed by atoms with Gasteiger partial charge in [-0.2, -0.15) is 5.10 Å². The van der Waals surface area contributed by atoms with E-state index in [2.05, 4.69) is 15.3 Å². The van der Waals surface area contributed by atoms with Crippen molar-refractivity contribution in [2.24, 2.45) is 5.73 Å². The summed E-state index contributed by atoms with van der Waals surface area (Å²) in [5.74, 6) is -0.0445. The van der Waals surface area contributed by atoms with Crippen LogP contribution in [0.25, 0.3) is 10.9 Å². The van der Waals surface area contributed by atoms with Gasteiger partial charge < -0.3 is 16.0 Å². The van der Waals surface area contributed by atoms with Crippen molar-refractivity contribution in [3.8, 4) is 0 Å². The molecule has 1 amide bonds. The molecule has 0 spiro atoms. The van der Waals surface area contributed by atoms with Crippen molar-refractivity contribution in [3.05, 3.63) is 60.3 Å². The lowest BCUT2D eigenvalue weighted by Gasteiger charge is -2.33. The Hall–Kier alpha value is -2.86. The highest BCUT2D eigenvalue weighted by Gasteiger charge is 2.20. The number of nitrogens with one attached hydrogen (secondary N) is 1. The molecule has 1 aliphatic rings. The van der Waals surface area contributed by atoms with E-state index in [1.807, 2.05) is 59.4 Å². The van der Waals surface area contributed by atoms with E-state index in [1.54, 1.807) is 0 Å². The van der Waals surface area contributed by atoms with Crippen LogP contribution in [0.1, 0.15) is 23.2 Å². The van der Waals surface area contributed by atoms with Crippen LogP contribution in [0.15, 0.2) is 54.7 Å². The summed E-state index contributed by atoms with van der Waals surface area (Å²) >= 11 is 0. The number of anilines is 1. The molecule has 6 nitrogen and oxygen atoms in total. The van der Waals surface area contributed by atoms with E-state index in [-0.39, 0.29) is 11.9 Å². The Labute approximate surface area is 159 Å². The molecule has 0 radical (unpaired) electrons. The van der Waals surface area contributed by atoms with E-state index in [9.17, 15) is 4.79 Å². The Balaban J connectivity index is 1.41. The number of rotatable bonds is 5. The number of nitrogens with zero attached hydrogens (tertiary/aromatic N) is 3. The van der Waals surface area contributed by atoms with Gasteiger partial charge >= 0.3 is 0 Å². The van der Waals surface area contributed by atoms with Crippen LogP contribution in [0.5, 0.6) is 0 Å². The fraction of sp³-hybridized carbons (Fsp3) is 0.333. The maximum Gasteiger partial charge on any atom is 0.253 e. The number of hydrogen-bond donors (Lipinski definition) is 2. The number of para-hydroxylation sites is 2. The van der Waals surface area contributed by atoms with Gasteiger partial charge in [-0.25, -0.2) is 0 Å². The predicted octanol–water partition coefficient (Wildman–Crippen LogP) is 2.39. The first-order chi connectivity index (χ1) is 13.2. The second kappa shape index (κ2) is 7.80. The third-order valence-electron chi connectivity index (χ3n) is 5.19. The normalized spacial score (nSPS) is 15.2. The minimum atomic E-state index is -0.0445. The second-order valence-electron chi connectivity index (χ2n) is 7.02. The van der Waals surface area contributed by atoms with E-state index >= 15 is 0 Å². The zero-order valence-electron chi connectivity index (χ0n) is 15.3. The first-order valence-electron chi connectivity index (χ1n) is 9.50. The molecule has 0 saturated carbocycles. The number of amides is 1. The van der Waals surface area contributed by atoms with Crippen molar-refractivity contribution >= 4 is 22.5 Å². The number of hydrogen-bond acceptors (Lipinski definition) is 4. The van der Waals surface area contributed by atoms with Crippen molar-refractivity contribution in [3.63, 3.8) is 0 Å². The first-order valence-corrected chi connectivity index (χ1v) is 9.50. The van der Waals surface area contributed by atoms with Gasteiger partial charge in [0.05, 0.1) is 23.8 Å². The standard InChI is InChI=1S/C21H25N5O/c22-17-9-12-25(13-10-17)20-8-4-2-6-18(20)21(27)23-11-14-26-19-7-3-1-5-16(19)15-24-26/h1-8,15,17H,9-14,22H2,(H,23,27). The molecule has 4 rings (SSSR count). The van der Waals surface area contributed by atoms with Crippen LogP contribution in [-0.2, 0) is 6.54 Å². The van der Waals surface area contributed by atoms with Crippen molar-refractivity contribution in [2.75, 3.05) is 24.5 Å². The number of carbonyl (C=O) groups excluding carboxylic acids is 1. The Morgan fingerprint density at radius 2 is 1.85 bits per heavy atom. The van der Waals surface area contributed by atoms with Gasteiger partial charge in [-0.15, -0.1) is 0 Å². The highest BCUT2D eigenvalue weighted by atomic mass is 16.1. The molecule has 0 unspecified atom stereocenters. The minimum Gasteiger partial charge on any atom is -0.371 e. The van der Waals surface area contributed by atoms with Gasteiger partial charge in [-0.1, -0.05) is 30.3 Å². The van der Waals surface area contributed by atoms with Gasteiger partial charge in [0.15, 0.2) is 0 Å². The fourth-order valence-corrected chi connectivity index (χ4v) is 3.66. The second-order valence-corrected chi connectivity index (χ2v) is 7.02. The summed E-state index contributed by atoms with van der Waals surface area (Å²) in [6.07, 6.45) is 3.78. The minimum absolute atomic E-state index is 0.0445. The molecule has 2 aromatic carbocycles. The first kappa shape index (κ1) is 17.5. The topological polar surface area (TPSA) is 76.2 Å². The van der Waals surface area contributed by atoms with Gasteiger partial charge in [0.25, 0.3) is 5.91 Å². The van der Waals surface area contributed by atoms with Crippen molar-refractivity contribution in [1.29, 1.82) is 0 Å². The molecule has 3 N–H and O–H groups in total. The molecule has 140 valence electrons. The lowest BCUT2D eigenvalue weighted by Crippen LogP contribution is -2.40. The van der Waals surface area contributed by atoms with Crippen molar-refractivity contribution in [2.45, 2.75) is 25.4 Å². The van der Waals surface area contributed by atoms with Crippen LogP contribution < -0.4 is 16.0 Å². The molecule has 1 fully saturated rings. The van der Waals surface area contributed by atoms with Crippen LogP contribution in [0.2, 0.25) is 0 Å². The largest absolute Gasteiger partial charge is 0.371 e. The molecule has 27 heavy (non-hydrogen) atoms. The van der Waals surface area contributed by atoms with Crippen LogP contribution in [0, 0.1) is 0 Å². The summed E-state index contributed by atoms with van der Waals surface area (Å²) in [6.45, 7) is 2.96. The summed E-state index contributed by atoms with van der Waals surface area (Å²) < 4.78 is 1.92. The van der Waals surface area contributed by atoms with Gasteiger partial charge in [0.1, 0.15) is 0 Å². The number of aromatic nitrogens is 2. The van der Waals surface area contributed by atoms with E-state index in [0.29, 0.717) is 13.1 Å². The van der Waals surface area contributed by atoms with Gasteiger partial charge in [-0.05, 0) is 31.0 Å². The molecule has 3 aromatic rings. The van der Waals surface area contributed by atoms with Crippen LogP contribution in [0.4, 0.5) is 5.69 Å². The van der Waals surface area contributed by atoms with Crippen molar-refractivity contribution < 1.29 is 4.79 Å². The third kappa shape index (κ3) is 3.80. The zero-order valence-corrected chi connectivity index (χ0v) is 15.3. The smallest absolute Gasteiger partial charge is 0.253 e. The monoisotopic (exact) mass is 363 g/mol. The molecular weight excluding hydrogens is 338 g/mol. The molecular formula is C21H25N5O. The van der Waals surface area contributed by atoms with Crippen LogP contribution in [-0.4, -0.2) is 41.4 Å². The number of fused-ring (bicyclic) bond motifs is 1. The van der Waals surface area contributed by atoms with E-state index in [0.717, 1.165) is 48.1 Å². The Bertz CT molecular complexity index is 927. The summed E-state index contributed by atoms with van der Waals surface area (Å²) in [6, 6.07) is 16.2. The summed E-state index contributed by atoms with van der Waals surface area (Å²) in [4.78, 5) is 15.0. The molecule has 0 bridgehead atoms. The van der Waals surface area contributed by atoms with Crippen molar-refractivity contribution in [1.82, 2.24) is 15.1 Å². The van der Waals surface area contributed by atoms with Gasteiger partial charge in [0.2, 0.25) is 0 Å². The summed E-state index contributed by atoms with van der Waals surface area (Å²) in [5.41, 5.74) is 8.80. The maximum atomic E-state index is 12.8. The SMILES string of the molecule is NC1CCN(c2ccccc2C(=O)NCCn2ncc3ccccc32)CC1. The number of nitrogens with two attached hydrogens (primary N) is 1. The molecule has 1 aliphatic heterocycles. The van der Waals surface area contributed by atoms with E-state index < -0.39 is 0 Å². The highest BCUT2D eigenvalue weighted by Crippen LogP contribution is 2.23. The average Bonchev–Trinajstić information content (AvgIpc) is 3.12. The maximum absolute atomic E-state index is 12.8. The predicted molar refractivity (Wildman–Crippen MR) is 108 cm³/mol. The quantitative estimate of drug-likeness (QED) is 0.730. The molecule has 0 aliphatic carbocycles.